The quantitative estimate of drug-likeness (QED) is 0.0516. The van der Waals surface area contributed by atoms with E-state index < -0.39 is 150 Å². The summed E-state index contributed by atoms with van der Waals surface area (Å²) in [5.74, 6) is -18.6. The predicted octanol–water partition coefficient (Wildman–Crippen LogP) is 13.5. The van der Waals surface area contributed by atoms with Crippen molar-refractivity contribution in [3.05, 3.63) is 240 Å². The molecule has 16 rings (SSSR count). The molecular formula is C88H89F9N16O12S3. The number of hydrogen-bond acceptors (Lipinski definition) is 18. The van der Waals surface area contributed by atoms with Gasteiger partial charge in [0.05, 0.1) is 88.7 Å². The van der Waals surface area contributed by atoms with Crippen molar-refractivity contribution >= 4 is 75.6 Å². The van der Waals surface area contributed by atoms with Crippen LogP contribution in [0.3, 0.4) is 0 Å². The number of benzene rings is 5. The summed E-state index contributed by atoms with van der Waals surface area (Å²) in [5, 5.41) is 34.0. The molecule has 128 heavy (non-hydrogen) atoms. The fourth-order valence-corrected chi connectivity index (χ4v) is 22.1. The molecule has 6 fully saturated rings. The third-order valence-corrected chi connectivity index (χ3v) is 30.6. The number of aryl methyl sites for hydroxylation is 2. The van der Waals surface area contributed by atoms with Crippen LogP contribution in [-0.2, 0) is 78.2 Å². The first-order valence-electron chi connectivity index (χ1n) is 41.7. The summed E-state index contributed by atoms with van der Waals surface area (Å²) in [6.45, 7) is 2.16. The van der Waals surface area contributed by atoms with Crippen LogP contribution < -0.4 is 25.8 Å². The van der Waals surface area contributed by atoms with Crippen LogP contribution >= 0.6 is 0 Å². The molecule has 5 aromatic carbocycles. The van der Waals surface area contributed by atoms with E-state index in [0.29, 0.717) is 54.1 Å². The maximum atomic E-state index is 14.7. The van der Waals surface area contributed by atoms with Crippen LogP contribution in [0.1, 0.15) is 184 Å². The highest BCUT2D eigenvalue weighted by Crippen LogP contribution is 2.42. The standard InChI is InChI=1S/C31H32FN7O4S.C30H28F4N4O4S.C27H29F4N5O4S/c1-20-21(15-33)13-26(14-28(20)32)44(42,43)39-11-10-29(39)31(41)38(18-23-17-37(19-34-23)24-6-4-3-5-7-24)25-8-9-27-22(12-25)16-35-36(2)30(27)40;1-17-25(31)27(33)29(28(34)26(17)32)43(41,42)38-12-11-23(38)30(40)37(22-10-8-19(14-35)24(39)13-22)16-21-9-7-20(15-36-21)18-5-3-2-4-6-18;1-16-22(28)24(30)26(25(31)23(16)29)41(39,40)36-11-9-20(36)27(38)35(19-8-10-33(2)21(37)12-19)14-17-13-34(15-32-17)18-6-4-3-5-7-18/h8-9,12-14,16-17,19,24,29H,3-7,10-11,18H2,1-2H3;7-10,13,15,18,23,39H,2-6,11-12,16H2,1H3;8,10,12-13,15,18,20H,3-7,9,11,14H2,1-2H3/t29-;23-;20-/m111/s1. The van der Waals surface area contributed by atoms with Gasteiger partial charge in [-0.1, -0.05) is 63.9 Å². The van der Waals surface area contributed by atoms with E-state index in [4.69, 9.17) is 0 Å². The van der Waals surface area contributed by atoms with Gasteiger partial charge in [0.25, 0.3) is 11.1 Å². The molecule has 3 saturated carbocycles. The Balaban J connectivity index is 0.000000155. The van der Waals surface area contributed by atoms with E-state index in [1.807, 2.05) is 22.9 Å². The maximum Gasteiger partial charge on any atom is 0.274 e. The molecule has 0 bridgehead atoms. The first-order valence-corrected chi connectivity index (χ1v) is 46.0. The van der Waals surface area contributed by atoms with E-state index >= 15 is 0 Å². The van der Waals surface area contributed by atoms with Gasteiger partial charge in [0.15, 0.2) is 56.3 Å². The van der Waals surface area contributed by atoms with Gasteiger partial charge in [0.1, 0.15) is 35.8 Å². The Kier molecular flexibility index (Phi) is 27.2. The van der Waals surface area contributed by atoms with E-state index in [9.17, 15) is 104 Å². The molecule has 3 atom stereocenters. The number of rotatable bonds is 21. The second-order valence-corrected chi connectivity index (χ2v) is 38.3. The molecule has 674 valence electrons. The first-order chi connectivity index (χ1) is 60.9. The minimum absolute atomic E-state index is 0.0179. The van der Waals surface area contributed by atoms with E-state index in [0.717, 1.165) is 124 Å². The molecule has 0 radical (unpaired) electrons. The molecule has 8 heterocycles. The molecule has 40 heteroatoms. The Morgan fingerprint density at radius 1 is 0.477 bits per heavy atom. The van der Waals surface area contributed by atoms with Gasteiger partial charge < -0.3 is 33.5 Å². The van der Waals surface area contributed by atoms with Crippen molar-refractivity contribution in [2.45, 2.75) is 207 Å². The molecule has 3 saturated heterocycles. The number of aromatic nitrogens is 8. The van der Waals surface area contributed by atoms with Crippen molar-refractivity contribution in [1.29, 1.82) is 10.5 Å². The average molecular weight is 1830 g/mol. The third-order valence-electron chi connectivity index (χ3n) is 24.9. The maximum absolute atomic E-state index is 14.7. The van der Waals surface area contributed by atoms with E-state index in [2.05, 4.69) is 24.6 Å². The monoisotopic (exact) mass is 1830 g/mol. The van der Waals surface area contributed by atoms with Gasteiger partial charge in [-0.15, -0.1) is 0 Å². The number of carbonyl (C=O) groups excluding carboxylic acids is 3. The summed E-state index contributed by atoms with van der Waals surface area (Å²) in [4.78, 5) is 80.2. The Labute approximate surface area is 730 Å². The summed E-state index contributed by atoms with van der Waals surface area (Å²) >= 11 is 0. The molecule has 0 spiro atoms. The fraction of sp³-hybridized carbons (Fsp3) is 0.398. The number of nitrogens with zero attached hydrogens (tertiary/aromatic N) is 16. The molecule has 5 aromatic heterocycles. The molecule has 3 aliphatic carbocycles. The second kappa shape index (κ2) is 37.8. The molecule has 6 aliphatic rings. The number of nitriles is 2. The Morgan fingerprint density at radius 3 is 1.34 bits per heavy atom. The van der Waals surface area contributed by atoms with Crippen molar-refractivity contribution in [3.63, 3.8) is 0 Å². The molecule has 0 unspecified atom stereocenters. The lowest BCUT2D eigenvalue weighted by Gasteiger charge is -2.41. The summed E-state index contributed by atoms with van der Waals surface area (Å²) in [5.41, 5.74) is 0.539. The number of aromatic hydroxyl groups is 1. The van der Waals surface area contributed by atoms with E-state index in [-0.39, 0.29) is 103 Å². The number of anilines is 3. The van der Waals surface area contributed by atoms with Crippen LogP contribution in [0, 0.1) is 95.8 Å². The summed E-state index contributed by atoms with van der Waals surface area (Å²) in [6.07, 6.45) is 28.7. The Hall–Kier alpha value is -12.0. The van der Waals surface area contributed by atoms with Crippen LogP contribution in [0.5, 0.6) is 5.75 Å². The van der Waals surface area contributed by atoms with Crippen molar-refractivity contribution in [2.24, 2.45) is 14.1 Å². The zero-order valence-electron chi connectivity index (χ0n) is 70.1. The SMILES string of the molecule is Cc1c(F)c(F)c(S(=O)(=O)N2CC[C@@H]2C(=O)N(Cc2ccc(C3CCCCC3)cn2)c2ccc(C#N)c(O)c2)c(F)c1F.Cc1c(F)c(F)c(S(=O)(=O)N2CC[C@@H]2C(=O)N(Cc2cn(C3CCCCC3)cn2)c2ccn(C)c(=O)c2)c(F)c1F.Cc1c(F)cc(S(=O)(=O)N2CC[C@@H]2C(=O)N(Cc2cn(C3CCCCC3)cn2)c2ccc3c(=O)n(C)ncc3c2)cc1C#N. The average Bonchev–Trinajstić information content (AvgIpc) is 0.747. The number of phenolic OH excluding ortho intramolecular Hbond substituents is 1. The van der Waals surface area contributed by atoms with E-state index in [1.165, 1.54) is 82.7 Å². The smallest absolute Gasteiger partial charge is 0.274 e. The lowest BCUT2D eigenvalue weighted by Crippen LogP contribution is -2.59. The number of pyridine rings is 2. The van der Waals surface area contributed by atoms with Gasteiger partial charge in [-0.25, -0.2) is 79.4 Å². The van der Waals surface area contributed by atoms with Crippen molar-refractivity contribution in [2.75, 3.05) is 34.3 Å². The predicted molar refractivity (Wildman–Crippen MR) is 449 cm³/mol. The number of carbonyl (C=O) groups is 3. The minimum Gasteiger partial charge on any atom is -0.506 e. The van der Waals surface area contributed by atoms with Gasteiger partial charge in [0.2, 0.25) is 47.8 Å². The summed E-state index contributed by atoms with van der Waals surface area (Å²) in [6, 6.07) is 17.5. The Morgan fingerprint density at radius 2 is 0.914 bits per heavy atom. The van der Waals surface area contributed by atoms with Gasteiger partial charge in [-0.2, -0.15) is 28.5 Å². The third kappa shape index (κ3) is 18.2. The number of phenols is 1. The summed E-state index contributed by atoms with van der Waals surface area (Å²) < 4.78 is 219. The Bertz CT molecular complexity index is 6550. The second-order valence-electron chi connectivity index (χ2n) is 32.8. The number of fused-ring (bicyclic) bond motifs is 1. The number of sulfonamides is 3. The number of halogens is 9. The number of imidazole rings is 2. The zero-order valence-corrected chi connectivity index (χ0v) is 72.6. The fourth-order valence-electron chi connectivity index (χ4n) is 17.0. The molecule has 3 aliphatic heterocycles. The molecule has 1 N–H and O–H groups in total. The summed E-state index contributed by atoms with van der Waals surface area (Å²) in [7, 11) is -11.6. The molecular weight excluding hydrogens is 1740 g/mol. The largest absolute Gasteiger partial charge is 0.506 e. The van der Waals surface area contributed by atoms with Gasteiger partial charge in [-0.3, -0.25) is 29.0 Å². The molecule has 28 nitrogen and oxygen atoms in total. The highest BCUT2D eigenvalue weighted by atomic mass is 32.2. The lowest BCUT2D eigenvalue weighted by molar-refractivity contribution is -0.125. The van der Waals surface area contributed by atoms with Gasteiger partial charge >= 0.3 is 0 Å². The van der Waals surface area contributed by atoms with Crippen LogP contribution in [-0.4, -0.2) is 137 Å². The van der Waals surface area contributed by atoms with Crippen LogP contribution in [0.2, 0.25) is 0 Å². The van der Waals surface area contributed by atoms with Gasteiger partial charge in [0, 0.05) is 116 Å². The van der Waals surface area contributed by atoms with Crippen molar-refractivity contribution in [1.82, 2.24) is 51.3 Å². The topological polar surface area (TPSA) is 346 Å². The molecule has 3 amide bonds. The van der Waals surface area contributed by atoms with Crippen molar-refractivity contribution in [3.8, 4) is 17.9 Å². The van der Waals surface area contributed by atoms with Crippen LogP contribution in [0.4, 0.5) is 56.6 Å². The zero-order chi connectivity index (χ0) is 91.9. The molecule has 10 aromatic rings. The van der Waals surface area contributed by atoms with Crippen LogP contribution in [0.25, 0.3) is 10.8 Å². The number of amides is 3. The van der Waals surface area contributed by atoms with E-state index in [1.54, 1.807) is 68.6 Å². The normalized spacial score (nSPS) is 17.9. The van der Waals surface area contributed by atoms with Gasteiger partial charge in [-0.05, 0) is 145 Å². The highest BCUT2D eigenvalue weighted by Gasteiger charge is 2.51. The number of hydrogen-bond donors (Lipinski definition) is 1. The van der Waals surface area contributed by atoms with Crippen LogP contribution in [0.15, 0.2) is 141 Å². The minimum atomic E-state index is -5.20. The first kappa shape index (κ1) is 92.2. The lowest BCUT2D eigenvalue weighted by atomic mass is 9.85. The van der Waals surface area contributed by atoms with Crippen molar-refractivity contribution < 1.29 is 84.3 Å². The highest BCUT2D eigenvalue weighted by molar-refractivity contribution is 7.89.